The van der Waals surface area contributed by atoms with E-state index in [0.717, 1.165) is 37.0 Å². The number of nitrogens with one attached hydrogen (secondary N) is 1. The van der Waals surface area contributed by atoms with Crippen LogP contribution in [0.4, 0.5) is 0 Å². The molecule has 6 heteroatoms. The maximum atomic E-state index is 12.9. The standard InChI is InChI=1S/C21H30N4O2/c1-6-12-24(13-7-2)19(26)14-25-18-11-9-8-10-17(18)23-20(25)16(5)22-21(27)15(3)4/h8-11,16H,3,6-7,12-14H2,1-2,4-5H3,(H,22,27). The maximum absolute atomic E-state index is 12.9. The van der Waals surface area contributed by atoms with Gasteiger partial charge in [0.1, 0.15) is 12.4 Å². The van der Waals surface area contributed by atoms with Gasteiger partial charge in [-0.1, -0.05) is 32.6 Å². The van der Waals surface area contributed by atoms with Crippen LogP contribution < -0.4 is 5.32 Å². The highest BCUT2D eigenvalue weighted by atomic mass is 16.2. The van der Waals surface area contributed by atoms with Gasteiger partial charge in [-0.3, -0.25) is 9.59 Å². The molecule has 6 nitrogen and oxygen atoms in total. The summed E-state index contributed by atoms with van der Waals surface area (Å²) >= 11 is 0. The van der Waals surface area contributed by atoms with E-state index in [9.17, 15) is 9.59 Å². The van der Waals surface area contributed by atoms with Crippen molar-refractivity contribution in [3.8, 4) is 0 Å². The van der Waals surface area contributed by atoms with E-state index in [-0.39, 0.29) is 24.4 Å². The van der Waals surface area contributed by atoms with Crippen molar-refractivity contribution in [3.05, 3.63) is 42.2 Å². The van der Waals surface area contributed by atoms with Crippen molar-refractivity contribution >= 4 is 22.8 Å². The molecule has 2 aromatic rings. The number of fused-ring (bicyclic) bond motifs is 1. The molecule has 0 saturated heterocycles. The molecule has 1 aromatic heterocycles. The molecule has 2 rings (SSSR count). The third-order valence-corrected chi connectivity index (χ3v) is 4.44. The highest BCUT2D eigenvalue weighted by molar-refractivity contribution is 5.92. The molecule has 0 radical (unpaired) electrons. The summed E-state index contributed by atoms with van der Waals surface area (Å²) in [7, 11) is 0. The molecular formula is C21H30N4O2. The first-order valence-corrected chi connectivity index (χ1v) is 9.58. The van der Waals surface area contributed by atoms with Gasteiger partial charge in [0.15, 0.2) is 0 Å². The zero-order valence-electron chi connectivity index (χ0n) is 16.8. The van der Waals surface area contributed by atoms with Gasteiger partial charge in [-0.2, -0.15) is 0 Å². The lowest BCUT2D eigenvalue weighted by atomic mass is 10.2. The highest BCUT2D eigenvalue weighted by Gasteiger charge is 2.21. The minimum Gasteiger partial charge on any atom is -0.343 e. The Labute approximate surface area is 161 Å². The Balaban J connectivity index is 2.37. The van der Waals surface area contributed by atoms with Crippen LogP contribution >= 0.6 is 0 Å². The number of hydrogen-bond donors (Lipinski definition) is 1. The molecule has 27 heavy (non-hydrogen) atoms. The van der Waals surface area contributed by atoms with Gasteiger partial charge < -0.3 is 14.8 Å². The highest BCUT2D eigenvalue weighted by Crippen LogP contribution is 2.21. The van der Waals surface area contributed by atoms with Gasteiger partial charge in [0.2, 0.25) is 11.8 Å². The molecule has 0 fully saturated rings. The fraction of sp³-hybridized carbons (Fsp3) is 0.476. The SMILES string of the molecule is C=C(C)C(=O)NC(C)c1nc2ccccc2n1CC(=O)N(CCC)CCC. The average Bonchev–Trinajstić information content (AvgIpc) is 3.00. The number of rotatable bonds is 9. The van der Waals surface area contributed by atoms with E-state index < -0.39 is 0 Å². The summed E-state index contributed by atoms with van der Waals surface area (Å²) in [5, 5.41) is 2.90. The van der Waals surface area contributed by atoms with E-state index >= 15 is 0 Å². The first-order chi connectivity index (χ1) is 12.9. The Hall–Kier alpha value is -2.63. The van der Waals surface area contributed by atoms with E-state index in [1.807, 2.05) is 40.7 Å². The Morgan fingerprint density at radius 2 is 1.85 bits per heavy atom. The Morgan fingerprint density at radius 1 is 1.22 bits per heavy atom. The van der Waals surface area contributed by atoms with Crippen LogP contribution in [0.15, 0.2) is 36.4 Å². The number of para-hydroxylation sites is 2. The van der Waals surface area contributed by atoms with Crippen molar-refractivity contribution in [2.24, 2.45) is 0 Å². The topological polar surface area (TPSA) is 67.2 Å². The normalized spacial score (nSPS) is 12.0. The van der Waals surface area contributed by atoms with Crippen molar-refractivity contribution in [1.29, 1.82) is 0 Å². The molecule has 1 aromatic carbocycles. The van der Waals surface area contributed by atoms with Gasteiger partial charge in [-0.15, -0.1) is 0 Å². The van der Waals surface area contributed by atoms with Crippen molar-refractivity contribution in [2.45, 2.75) is 53.1 Å². The van der Waals surface area contributed by atoms with E-state index in [0.29, 0.717) is 11.4 Å². The number of carbonyl (C=O) groups is 2. The summed E-state index contributed by atoms with van der Waals surface area (Å²) in [6.45, 7) is 13.1. The smallest absolute Gasteiger partial charge is 0.246 e. The van der Waals surface area contributed by atoms with Gasteiger partial charge in [-0.05, 0) is 38.8 Å². The monoisotopic (exact) mass is 370 g/mol. The lowest BCUT2D eigenvalue weighted by Crippen LogP contribution is -2.36. The van der Waals surface area contributed by atoms with Crippen LogP contribution in [0.1, 0.15) is 52.4 Å². The fourth-order valence-electron chi connectivity index (χ4n) is 3.11. The number of imidazole rings is 1. The number of aromatic nitrogens is 2. The second-order valence-corrected chi connectivity index (χ2v) is 6.90. The first-order valence-electron chi connectivity index (χ1n) is 9.58. The Morgan fingerprint density at radius 3 is 2.44 bits per heavy atom. The quantitative estimate of drug-likeness (QED) is 0.688. The van der Waals surface area contributed by atoms with Crippen LogP contribution in [0.25, 0.3) is 11.0 Å². The Bertz CT molecular complexity index is 819. The van der Waals surface area contributed by atoms with Crippen molar-refractivity contribution in [2.75, 3.05) is 13.1 Å². The van der Waals surface area contributed by atoms with Gasteiger partial charge in [-0.25, -0.2) is 4.98 Å². The summed E-state index contributed by atoms with van der Waals surface area (Å²) in [6, 6.07) is 7.39. The van der Waals surface area contributed by atoms with E-state index in [4.69, 9.17) is 0 Å². The molecule has 0 aliphatic rings. The van der Waals surface area contributed by atoms with E-state index in [1.54, 1.807) is 6.92 Å². The summed E-state index contributed by atoms with van der Waals surface area (Å²) in [5.41, 5.74) is 2.15. The number of amides is 2. The number of benzene rings is 1. The molecule has 1 unspecified atom stereocenters. The molecule has 0 aliphatic heterocycles. The number of carbonyl (C=O) groups excluding carboxylic acids is 2. The molecule has 1 atom stereocenters. The van der Waals surface area contributed by atoms with Crippen LogP contribution in [0.3, 0.4) is 0 Å². The van der Waals surface area contributed by atoms with Crippen molar-refractivity contribution < 1.29 is 9.59 Å². The van der Waals surface area contributed by atoms with Crippen LogP contribution in [0, 0.1) is 0 Å². The van der Waals surface area contributed by atoms with Crippen molar-refractivity contribution in [3.63, 3.8) is 0 Å². The van der Waals surface area contributed by atoms with Gasteiger partial charge >= 0.3 is 0 Å². The fourth-order valence-corrected chi connectivity index (χ4v) is 3.11. The van der Waals surface area contributed by atoms with Crippen LogP contribution in [0.5, 0.6) is 0 Å². The minimum atomic E-state index is -0.333. The summed E-state index contributed by atoms with van der Waals surface area (Å²) < 4.78 is 1.92. The lowest BCUT2D eigenvalue weighted by Gasteiger charge is -2.23. The summed E-state index contributed by atoms with van der Waals surface area (Å²) in [5.74, 6) is 0.527. The van der Waals surface area contributed by atoms with Crippen LogP contribution in [0.2, 0.25) is 0 Å². The molecule has 0 bridgehead atoms. The third kappa shape index (κ3) is 4.96. The summed E-state index contributed by atoms with van der Waals surface area (Å²) in [6.07, 6.45) is 1.85. The molecule has 0 spiro atoms. The van der Waals surface area contributed by atoms with Crippen LogP contribution in [-0.4, -0.2) is 39.4 Å². The molecule has 146 valence electrons. The largest absolute Gasteiger partial charge is 0.343 e. The molecular weight excluding hydrogens is 340 g/mol. The zero-order chi connectivity index (χ0) is 20.0. The second kappa shape index (κ2) is 9.35. The van der Waals surface area contributed by atoms with Gasteiger partial charge in [0.05, 0.1) is 17.1 Å². The molecule has 1 heterocycles. The molecule has 0 aliphatic carbocycles. The van der Waals surface area contributed by atoms with E-state index in [2.05, 4.69) is 30.7 Å². The lowest BCUT2D eigenvalue weighted by molar-refractivity contribution is -0.131. The van der Waals surface area contributed by atoms with Gasteiger partial charge in [0.25, 0.3) is 0 Å². The maximum Gasteiger partial charge on any atom is 0.246 e. The van der Waals surface area contributed by atoms with E-state index in [1.165, 1.54) is 0 Å². The molecule has 0 saturated carbocycles. The number of nitrogens with zero attached hydrogens (tertiary/aromatic N) is 3. The predicted molar refractivity (Wildman–Crippen MR) is 108 cm³/mol. The summed E-state index contributed by atoms with van der Waals surface area (Å²) in [4.78, 5) is 31.5. The Kier molecular flexibility index (Phi) is 7.16. The number of hydrogen-bond acceptors (Lipinski definition) is 3. The first kappa shape index (κ1) is 20.7. The molecule has 2 amide bonds. The second-order valence-electron chi connectivity index (χ2n) is 6.90. The van der Waals surface area contributed by atoms with Crippen LogP contribution in [-0.2, 0) is 16.1 Å². The predicted octanol–water partition coefficient (Wildman–Crippen LogP) is 3.44. The minimum absolute atomic E-state index is 0.0709. The zero-order valence-corrected chi connectivity index (χ0v) is 16.8. The average molecular weight is 370 g/mol. The third-order valence-electron chi connectivity index (χ3n) is 4.44. The van der Waals surface area contributed by atoms with Gasteiger partial charge in [0, 0.05) is 18.7 Å². The molecule has 1 N–H and O–H groups in total. The van der Waals surface area contributed by atoms with Crippen molar-refractivity contribution in [1.82, 2.24) is 19.8 Å².